The molecule has 4 aliphatic heterocycles. The van der Waals surface area contributed by atoms with E-state index in [1.165, 1.54) is 5.56 Å². The molecule has 1 N–H and O–H groups in total. The normalized spacial score (nSPS) is 17.5. The van der Waals surface area contributed by atoms with Gasteiger partial charge in [0.15, 0.2) is 11.5 Å². The molecule has 1 saturated heterocycles. The number of aryl methyl sites for hydroxylation is 1. The van der Waals surface area contributed by atoms with E-state index in [1.54, 1.807) is 29.2 Å². The predicted octanol–water partition coefficient (Wildman–Crippen LogP) is 8.52. The molecule has 1 fully saturated rings. The van der Waals surface area contributed by atoms with Crippen molar-refractivity contribution in [2.75, 3.05) is 57.6 Å². The third-order valence-electron chi connectivity index (χ3n) is 13.1. The Morgan fingerprint density at radius 3 is 2.44 bits per heavy atom. The number of fused-ring (bicyclic) bond motifs is 4. The number of aromatic hydroxyl groups is 1. The van der Waals surface area contributed by atoms with Gasteiger partial charge >= 0.3 is 0 Å². The summed E-state index contributed by atoms with van der Waals surface area (Å²) in [6.07, 6.45) is 6.90. The van der Waals surface area contributed by atoms with E-state index >= 15 is 9.59 Å². The Morgan fingerprint density at radius 2 is 1.63 bits per heavy atom. The van der Waals surface area contributed by atoms with Gasteiger partial charge in [-0.2, -0.15) is 0 Å². The van der Waals surface area contributed by atoms with Gasteiger partial charge in [0.25, 0.3) is 11.8 Å². The molecular formula is C51H55N5O7. The Hall–Kier alpha value is -6.24. The van der Waals surface area contributed by atoms with E-state index in [1.807, 2.05) is 66.7 Å². The number of ether oxygens (including phenoxy) is 4. The Bertz CT molecular complexity index is 2660. The zero-order valence-electron chi connectivity index (χ0n) is 36.2. The van der Waals surface area contributed by atoms with E-state index in [4.69, 9.17) is 18.9 Å². The molecule has 4 aliphatic rings. The van der Waals surface area contributed by atoms with Crippen LogP contribution in [-0.2, 0) is 37.7 Å². The van der Waals surface area contributed by atoms with E-state index in [2.05, 4.69) is 33.1 Å². The molecule has 0 spiro atoms. The number of hydrogen-bond acceptors (Lipinski definition) is 8. The van der Waals surface area contributed by atoms with Crippen molar-refractivity contribution in [3.05, 3.63) is 119 Å². The summed E-state index contributed by atoms with van der Waals surface area (Å²) in [5.74, 6) is 1.88. The van der Waals surface area contributed by atoms with Crippen molar-refractivity contribution in [2.24, 2.45) is 7.05 Å². The van der Waals surface area contributed by atoms with Gasteiger partial charge in [-0.25, -0.2) is 0 Å². The van der Waals surface area contributed by atoms with Gasteiger partial charge in [0.2, 0.25) is 0 Å². The summed E-state index contributed by atoms with van der Waals surface area (Å²) >= 11 is 0. The third-order valence-corrected chi connectivity index (χ3v) is 13.1. The van der Waals surface area contributed by atoms with Gasteiger partial charge in [-0.15, -0.1) is 0 Å². The van der Waals surface area contributed by atoms with Crippen molar-refractivity contribution in [1.29, 1.82) is 0 Å². The van der Waals surface area contributed by atoms with Crippen LogP contribution in [0, 0.1) is 0 Å². The number of hydrogen-bond donors (Lipinski definition) is 1. The lowest BCUT2D eigenvalue weighted by molar-refractivity contribution is 0.0191. The fourth-order valence-electron chi connectivity index (χ4n) is 9.83. The molecule has 2 aromatic heterocycles. The number of phenols is 1. The lowest BCUT2D eigenvalue weighted by atomic mass is 9.91. The first kappa shape index (κ1) is 40.8. The minimum atomic E-state index is -0.186. The zero-order valence-corrected chi connectivity index (χ0v) is 36.2. The van der Waals surface area contributed by atoms with Crippen LogP contribution in [0.5, 0.6) is 23.0 Å². The van der Waals surface area contributed by atoms with Gasteiger partial charge < -0.3 is 38.1 Å². The highest BCUT2D eigenvalue weighted by molar-refractivity contribution is 6.13. The molecule has 10 rings (SSSR count). The Morgan fingerprint density at radius 1 is 0.841 bits per heavy atom. The summed E-state index contributed by atoms with van der Waals surface area (Å²) in [6, 6.07) is 26.7. The summed E-state index contributed by atoms with van der Waals surface area (Å²) in [6.45, 7) is 8.52. The second kappa shape index (κ2) is 17.5. The standard InChI is InChI=1S/C51H55N5O7/c1-3-22-61-47-10-6-8-35-32-55(38(28-40(35)47)33-53-20-25-60-26-21-53)50(58)42-31-49-48(62-23-7-24-63-49)30-41(42)46-29-43(45-9-4-5-18-54(45)46)51(59)56(36-11-14-39(57)15-12-36)37-13-16-44-34(27-37)17-19-52(44)2/h6,8,10-17,19,27,29-31,38,57H,3-5,7,9,18,20-26,28,32-33H2,1-2H3/t38-/m0/s1. The highest BCUT2D eigenvalue weighted by Gasteiger charge is 2.37. The van der Waals surface area contributed by atoms with E-state index in [-0.39, 0.29) is 23.6 Å². The topological polar surface area (TPSA) is 111 Å². The number of rotatable bonds is 10. The van der Waals surface area contributed by atoms with E-state index in [0.717, 1.165) is 72.4 Å². The fraction of sp³-hybridized carbons (Fsp3) is 0.373. The van der Waals surface area contributed by atoms with Crippen LogP contribution in [0.25, 0.3) is 22.2 Å². The summed E-state index contributed by atoms with van der Waals surface area (Å²) in [7, 11) is 2.01. The average molecular weight is 850 g/mol. The summed E-state index contributed by atoms with van der Waals surface area (Å²) in [5, 5.41) is 11.3. The number of amides is 2. The minimum absolute atomic E-state index is 0.0921. The molecule has 326 valence electrons. The Balaban J connectivity index is 1.10. The highest BCUT2D eigenvalue weighted by atomic mass is 16.5. The number of anilines is 2. The van der Waals surface area contributed by atoms with Crippen LogP contribution in [0.4, 0.5) is 11.4 Å². The lowest BCUT2D eigenvalue weighted by Crippen LogP contribution is -2.52. The van der Waals surface area contributed by atoms with Crippen molar-refractivity contribution in [1.82, 2.24) is 18.9 Å². The van der Waals surface area contributed by atoms with Crippen molar-refractivity contribution >= 4 is 34.1 Å². The Kier molecular flexibility index (Phi) is 11.3. The van der Waals surface area contributed by atoms with Crippen molar-refractivity contribution in [3.63, 3.8) is 0 Å². The molecule has 0 unspecified atom stereocenters. The van der Waals surface area contributed by atoms with E-state index < -0.39 is 0 Å². The fourth-order valence-corrected chi connectivity index (χ4v) is 9.83. The number of morpholine rings is 1. The SMILES string of the molecule is CCCOc1cccc2c1C[C@@H](CN1CCOCC1)N(C(=O)c1cc3c(cc1-c1cc(C(=O)N(c4ccc(O)cc4)c4ccc5c(ccn5C)c4)c4n1CCCC4)OCCCO3)C2. The highest BCUT2D eigenvalue weighted by Crippen LogP contribution is 2.43. The van der Waals surface area contributed by atoms with Crippen LogP contribution < -0.4 is 19.1 Å². The number of benzene rings is 4. The number of phenolic OH excluding ortho intramolecular Hbond substituents is 1. The molecule has 6 heterocycles. The van der Waals surface area contributed by atoms with Crippen LogP contribution in [0.3, 0.4) is 0 Å². The molecule has 12 nitrogen and oxygen atoms in total. The van der Waals surface area contributed by atoms with Gasteiger partial charge in [0.1, 0.15) is 11.5 Å². The number of nitrogens with zero attached hydrogens (tertiary/aromatic N) is 5. The van der Waals surface area contributed by atoms with Crippen LogP contribution in [0.15, 0.2) is 91.1 Å². The molecule has 63 heavy (non-hydrogen) atoms. The maximum atomic E-state index is 15.7. The molecule has 1 atom stereocenters. The monoisotopic (exact) mass is 849 g/mol. The van der Waals surface area contributed by atoms with Crippen LogP contribution >= 0.6 is 0 Å². The largest absolute Gasteiger partial charge is 0.508 e. The number of carbonyl (C=O) groups is 2. The van der Waals surface area contributed by atoms with E-state index in [0.29, 0.717) is 105 Å². The van der Waals surface area contributed by atoms with Gasteiger partial charge in [-0.05, 0) is 110 Å². The first-order valence-electron chi connectivity index (χ1n) is 22.5. The molecule has 0 saturated carbocycles. The average Bonchev–Trinajstić information content (AvgIpc) is 3.79. The summed E-state index contributed by atoms with van der Waals surface area (Å²) < 4.78 is 28.9. The van der Waals surface area contributed by atoms with Crippen LogP contribution in [-0.4, -0.2) is 94.6 Å². The summed E-state index contributed by atoms with van der Waals surface area (Å²) in [4.78, 5) is 37.2. The number of aromatic nitrogens is 2. The van der Waals surface area contributed by atoms with Crippen molar-refractivity contribution in [2.45, 2.75) is 64.6 Å². The van der Waals surface area contributed by atoms with Crippen LogP contribution in [0.2, 0.25) is 0 Å². The van der Waals surface area contributed by atoms with Crippen molar-refractivity contribution in [3.8, 4) is 34.3 Å². The summed E-state index contributed by atoms with van der Waals surface area (Å²) in [5.41, 5.74) is 8.20. The molecule has 0 aliphatic carbocycles. The second-order valence-corrected chi connectivity index (χ2v) is 17.2. The third kappa shape index (κ3) is 7.91. The minimum Gasteiger partial charge on any atom is -0.508 e. The molecule has 12 heteroatoms. The molecular weight excluding hydrogens is 795 g/mol. The van der Waals surface area contributed by atoms with Gasteiger partial charge in [0, 0.05) is 103 Å². The molecule has 0 radical (unpaired) electrons. The van der Waals surface area contributed by atoms with E-state index in [9.17, 15) is 5.11 Å². The van der Waals surface area contributed by atoms with Crippen molar-refractivity contribution < 1.29 is 33.6 Å². The predicted molar refractivity (Wildman–Crippen MR) is 243 cm³/mol. The van der Waals surface area contributed by atoms with Gasteiger partial charge in [0.05, 0.1) is 44.2 Å². The van der Waals surface area contributed by atoms with Crippen LogP contribution in [0.1, 0.15) is 70.1 Å². The van der Waals surface area contributed by atoms with Gasteiger partial charge in [-0.1, -0.05) is 19.1 Å². The zero-order chi connectivity index (χ0) is 43.0. The first-order valence-corrected chi connectivity index (χ1v) is 22.5. The Labute approximate surface area is 368 Å². The lowest BCUT2D eigenvalue weighted by Gasteiger charge is -2.41. The first-order chi connectivity index (χ1) is 30.8. The maximum absolute atomic E-state index is 15.7. The quantitative estimate of drug-likeness (QED) is 0.146. The second-order valence-electron chi connectivity index (χ2n) is 17.2. The molecule has 6 aromatic rings. The maximum Gasteiger partial charge on any atom is 0.264 e. The van der Waals surface area contributed by atoms with Gasteiger partial charge in [-0.3, -0.25) is 19.4 Å². The molecule has 4 aromatic carbocycles. The smallest absolute Gasteiger partial charge is 0.264 e. The molecule has 0 bridgehead atoms. The number of carbonyl (C=O) groups excluding carboxylic acids is 2. The molecule has 2 amide bonds.